The fraction of sp³-hybridized carbons (Fsp3) is 0.400. The molecule has 1 rings (SSSR count). The summed E-state index contributed by atoms with van der Waals surface area (Å²) in [6.07, 6.45) is 0. The van der Waals surface area contributed by atoms with Gasteiger partial charge < -0.3 is 4.74 Å². The highest BCUT2D eigenvalue weighted by Crippen LogP contribution is 2.13. The van der Waals surface area contributed by atoms with Crippen LogP contribution in [0, 0.1) is 0 Å². The minimum absolute atomic E-state index is 0.176. The van der Waals surface area contributed by atoms with Crippen molar-refractivity contribution in [2.24, 2.45) is 0 Å². The van der Waals surface area contributed by atoms with Gasteiger partial charge in [0.2, 0.25) is 0 Å². The van der Waals surface area contributed by atoms with Gasteiger partial charge in [-0.05, 0) is 12.5 Å². The number of ether oxygens (including phenoxy) is 1. The van der Waals surface area contributed by atoms with Crippen LogP contribution in [0.4, 0.5) is 0 Å². The Hall–Kier alpha value is -0.240. The first kappa shape index (κ1) is 10.8. The van der Waals surface area contributed by atoms with Gasteiger partial charge in [-0.15, -0.1) is 11.6 Å². The van der Waals surface area contributed by atoms with Crippen molar-refractivity contribution in [1.29, 1.82) is 0 Å². The minimum Gasteiger partial charge on any atom is -0.356 e. The van der Waals surface area contributed by atoms with Crippen LogP contribution in [0.5, 0.6) is 0 Å². The van der Waals surface area contributed by atoms with Gasteiger partial charge in [0.25, 0.3) is 0 Å². The first-order chi connectivity index (χ1) is 6.20. The third-order valence-electron chi connectivity index (χ3n) is 1.61. The Morgan fingerprint density at radius 3 is 2.38 bits per heavy atom. The van der Waals surface area contributed by atoms with Crippen LogP contribution in [-0.2, 0) is 11.3 Å². The van der Waals surface area contributed by atoms with Crippen LogP contribution in [-0.4, -0.2) is 10.9 Å². The maximum atomic E-state index is 5.81. The Kier molecular flexibility index (Phi) is 4.57. The molecule has 0 amide bonds. The second-order valence-corrected chi connectivity index (χ2v) is 3.94. The van der Waals surface area contributed by atoms with Crippen molar-refractivity contribution >= 4 is 23.2 Å². The summed E-state index contributed by atoms with van der Waals surface area (Å²) in [5, 5.41) is -0.176. The van der Waals surface area contributed by atoms with E-state index in [0.29, 0.717) is 6.61 Å². The molecule has 0 saturated carbocycles. The first-order valence-corrected chi connectivity index (χ1v) is 5.01. The Balaban J connectivity index is 2.35. The molecule has 1 aromatic carbocycles. The van der Waals surface area contributed by atoms with Crippen LogP contribution in [0.15, 0.2) is 30.3 Å². The lowest BCUT2D eigenvalue weighted by Crippen LogP contribution is -2.14. The van der Waals surface area contributed by atoms with E-state index in [1.54, 1.807) is 0 Å². The summed E-state index contributed by atoms with van der Waals surface area (Å²) in [5.74, 6) is 0. The third kappa shape index (κ3) is 3.99. The topological polar surface area (TPSA) is 9.23 Å². The van der Waals surface area contributed by atoms with Gasteiger partial charge in [-0.25, -0.2) is 0 Å². The standard InChI is InChI=1S/C10H12Cl2O/c1-8(11)10(12)13-7-9-5-3-2-4-6-9/h2-6,8,10H,7H2,1H3/t8-,10-/m0/s1. The number of hydrogen-bond acceptors (Lipinski definition) is 1. The minimum atomic E-state index is -0.429. The summed E-state index contributed by atoms with van der Waals surface area (Å²) < 4.78 is 5.32. The summed E-state index contributed by atoms with van der Waals surface area (Å²) in [6, 6.07) is 9.87. The molecule has 72 valence electrons. The van der Waals surface area contributed by atoms with Crippen LogP contribution in [0.25, 0.3) is 0 Å². The van der Waals surface area contributed by atoms with Crippen LogP contribution < -0.4 is 0 Å². The van der Waals surface area contributed by atoms with E-state index in [2.05, 4.69) is 0 Å². The molecule has 0 aliphatic rings. The smallest absolute Gasteiger partial charge is 0.147 e. The van der Waals surface area contributed by atoms with Crippen molar-refractivity contribution in [1.82, 2.24) is 0 Å². The van der Waals surface area contributed by atoms with E-state index in [9.17, 15) is 0 Å². The molecule has 1 aromatic rings. The lowest BCUT2D eigenvalue weighted by atomic mass is 10.2. The summed E-state index contributed by atoms with van der Waals surface area (Å²) in [4.78, 5) is 0. The van der Waals surface area contributed by atoms with Crippen molar-refractivity contribution < 1.29 is 4.74 Å². The second-order valence-electron chi connectivity index (χ2n) is 2.83. The van der Waals surface area contributed by atoms with Gasteiger partial charge in [0.15, 0.2) is 0 Å². The molecular weight excluding hydrogens is 207 g/mol. The molecule has 2 atom stereocenters. The number of benzene rings is 1. The van der Waals surface area contributed by atoms with Crippen LogP contribution >= 0.6 is 23.2 Å². The lowest BCUT2D eigenvalue weighted by Gasteiger charge is -2.12. The van der Waals surface area contributed by atoms with Gasteiger partial charge in [0, 0.05) is 0 Å². The zero-order valence-electron chi connectivity index (χ0n) is 7.41. The van der Waals surface area contributed by atoms with Gasteiger partial charge in [-0.2, -0.15) is 0 Å². The van der Waals surface area contributed by atoms with Gasteiger partial charge in [-0.3, -0.25) is 0 Å². The SMILES string of the molecule is C[C@H](Cl)[C@@H](Cl)OCc1ccccc1. The highest BCUT2D eigenvalue weighted by molar-refractivity contribution is 6.29. The Morgan fingerprint density at radius 2 is 1.85 bits per heavy atom. The molecule has 0 spiro atoms. The van der Waals surface area contributed by atoms with E-state index < -0.39 is 5.56 Å². The average molecular weight is 219 g/mol. The fourth-order valence-corrected chi connectivity index (χ4v) is 1.02. The van der Waals surface area contributed by atoms with Crippen LogP contribution in [0.3, 0.4) is 0 Å². The maximum Gasteiger partial charge on any atom is 0.147 e. The highest BCUT2D eigenvalue weighted by Gasteiger charge is 2.11. The molecule has 1 nitrogen and oxygen atoms in total. The van der Waals surface area contributed by atoms with Crippen molar-refractivity contribution in [3.8, 4) is 0 Å². The van der Waals surface area contributed by atoms with E-state index >= 15 is 0 Å². The molecule has 0 radical (unpaired) electrons. The molecule has 0 fully saturated rings. The molecule has 0 bridgehead atoms. The van der Waals surface area contributed by atoms with Crippen molar-refractivity contribution in [2.75, 3.05) is 0 Å². The lowest BCUT2D eigenvalue weighted by molar-refractivity contribution is 0.0939. The largest absolute Gasteiger partial charge is 0.356 e. The van der Waals surface area contributed by atoms with Crippen LogP contribution in [0.2, 0.25) is 0 Å². The average Bonchev–Trinajstić information content (AvgIpc) is 2.15. The number of hydrogen-bond donors (Lipinski definition) is 0. The Morgan fingerprint density at radius 1 is 1.23 bits per heavy atom. The molecule has 0 aliphatic heterocycles. The summed E-state index contributed by atoms with van der Waals surface area (Å²) in [7, 11) is 0. The molecule has 0 heterocycles. The molecule has 0 saturated heterocycles. The van der Waals surface area contributed by atoms with Gasteiger partial charge >= 0.3 is 0 Å². The van der Waals surface area contributed by atoms with Crippen molar-refractivity contribution in [3.63, 3.8) is 0 Å². The Bertz CT molecular complexity index is 236. The van der Waals surface area contributed by atoms with E-state index in [0.717, 1.165) is 5.56 Å². The normalized spacial score (nSPS) is 15.3. The van der Waals surface area contributed by atoms with Crippen LogP contribution in [0.1, 0.15) is 12.5 Å². The molecule has 3 heteroatoms. The number of rotatable bonds is 4. The van der Waals surface area contributed by atoms with E-state index in [1.807, 2.05) is 37.3 Å². The molecule has 0 N–H and O–H groups in total. The number of halogens is 2. The molecular formula is C10H12Cl2O. The Labute approximate surface area is 88.6 Å². The maximum absolute atomic E-state index is 5.81. The van der Waals surface area contributed by atoms with Crippen molar-refractivity contribution in [2.45, 2.75) is 24.5 Å². The monoisotopic (exact) mass is 218 g/mol. The predicted octanol–water partition coefficient (Wildman–Crippen LogP) is 3.40. The predicted molar refractivity (Wildman–Crippen MR) is 56.2 cm³/mol. The first-order valence-electron chi connectivity index (χ1n) is 4.14. The second kappa shape index (κ2) is 5.48. The zero-order chi connectivity index (χ0) is 9.68. The summed E-state index contributed by atoms with van der Waals surface area (Å²) in [5.41, 5.74) is 0.673. The van der Waals surface area contributed by atoms with Crippen molar-refractivity contribution in [3.05, 3.63) is 35.9 Å². The molecule has 13 heavy (non-hydrogen) atoms. The number of alkyl halides is 2. The quantitative estimate of drug-likeness (QED) is 0.705. The molecule has 0 aromatic heterocycles. The zero-order valence-corrected chi connectivity index (χ0v) is 8.92. The van der Waals surface area contributed by atoms with Gasteiger partial charge in [0.05, 0.1) is 12.0 Å². The molecule has 0 unspecified atom stereocenters. The fourth-order valence-electron chi connectivity index (χ4n) is 0.883. The molecule has 0 aliphatic carbocycles. The third-order valence-corrected chi connectivity index (χ3v) is 2.47. The van der Waals surface area contributed by atoms with Gasteiger partial charge in [-0.1, -0.05) is 41.9 Å². The summed E-state index contributed by atoms with van der Waals surface area (Å²) >= 11 is 11.5. The van der Waals surface area contributed by atoms with E-state index in [4.69, 9.17) is 27.9 Å². The summed E-state index contributed by atoms with van der Waals surface area (Å²) in [6.45, 7) is 2.32. The van der Waals surface area contributed by atoms with E-state index in [1.165, 1.54) is 0 Å². The van der Waals surface area contributed by atoms with Gasteiger partial charge in [0.1, 0.15) is 5.56 Å². The van der Waals surface area contributed by atoms with E-state index in [-0.39, 0.29) is 5.38 Å². The highest BCUT2D eigenvalue weighted by atomic mass is 35.5.